The summed E-state index contributed by atoms with van der Waals surface area (Å²) in [5.41, 5.74) is 0. The van der Waals surface area contributed by atoms with Crippen LogP contribution in [-0.4, -0.2) is 11.6 Å². The van der Waals surface area contributed by atoms with Crippen molar-refractivity contribution < 1.29 is 9.59 Å². The Hall–Kier alpha value is -0.960. The van der Waals surface area contributed by atoms with Crippen molar-refractivity contribution in [3.8, 4) is 0 Å². The summed E-state index contributed by atoms with van der Waals surface area (Å²) in [7, 11) is 0. The molecule has 0 aliphatic carbocycles. The molecular weight excluding hydrogens is 172 g/mol. The van der Waals surface area contributed by atoms with Crippen LogP contribution in [0.15, 0.2) is 17.5 Å². The summed E-state index contributed by atoms with van der Waals surface area (Å²) in [4.78, 5) is 23.0. The molecule has 1 rings (SSSR count). The van der Waals surface area contributed by atoms with Gasteiger partial charge in [0, 0.05) is 5.92 Å². The summed E-state index contributed by atoms with van der Waals surface area (Å²) in [5, 5.41) is 1.79. The van der Waals surface area contributed by atoms with E-state index in [1.54, 1.807) is 31.4 Å². The van der Waals surface area contributed by atoms with Crippen molar-refractivity contribution in [1.29, 1.82) is 0 Å². The van der Waals surface area contributed by atoms with E-state index in [4.69, 9.17) is 0 Å². The molecule has 0 atom stereocenters. The van der Waals surface area contributed by atoms with Crippen LogP contribution in [0.2, 0.25) is 0 Å². The predicted molar refractivity (Wildman–Crippen MR) is 48.5 cm³/mol. The molecule has 1 heterocycles. The number of hydrogen-bond acceptors (Lipinski definition) is 3. The molecule has 2 nitrogen and oxygen atoms in total. The second kappa shape index (κ2) is 3.63. The maximum absolute atomic E-state index is 11.3. The number of Topliss-reactive ketones (excluding diaryl/α,β-unsaturated/α-hetero) is 2. The van der Waals surface area contributed by atoms with Gasteiger partial charge in [0.15, 0.2) is 0 Å². The lowest BCUT2D eigenvalue weighted by Gasteiger charge is -1.99. The number of rotatable bonds is 3. The summed E-state index contributed by atoms with van der Waals surface area (Å²) in [5.74, 6) is -0.878. The molecule has 3 heteroatoms. The van der Waals surface area contributed by atoms with E-state index in [2.05, 4.69) is 0 Å². The molecule has 0 aliphatic rings. The molecular formula is C9H10O2S. The zero-order chi connectivity index (χ0) is 9.14. The van der Waals surface area contributed by atoms with Gasteiger partial charge in [0.1, 0.15) is 0 Å². The normalized spacial score (nSPS) is 10.2. The smallest absolute Gasteiger partial charge is 0.238 e. The van der Waals surface area contributed by atoms with Crippen LogP contribution in [0.1, 0.15) is 23.5 Å². The van der Waals surface area contributed by atoms with E-state index in [1.165, 1.54) is 11.3 Å². The van der Waals surface area contributed by atoms with Crippen LogP contribution < -0.4 is 0 Å². The lowest BCUT2D eigenvalue weighted by atomic mass is 10.0. The van der Waals surface area contributed by atoms with Gasteiger partial charge in [-0.3, -0.25) is 9.59 Å². The van der Waals surface area contributed by atoms with Crippen LogP contribution in [0, 0.1) is 5.92 Å². The van der Waals surface area contributed by atoms with Crippen LogP contribution in [0.4, 0.5) is 0 Å². The van der Waals surface area contributed by atoms with Gasteiger partial charge in [0.2, 0.25) is 11.6 Å². The Morgan fingerprint density at radius 3 is 2.50 bits per heavy atom. The van der Waals surface area contributed by atoms with Gasteiger partial charge < -0.3 is 0 Å². The third-order valence-corrected chi connectivity index (χ3v) is 2.36. The second-order valence-electron chi connectivity index (χ2n) is 2.83. The van der Waals surface area contributed by atoms with Crippen LogP contribution in [0.25, 0.3) is 0 Å². The van der Waals surface area contributed by atoms with Crippen molar-refractivity contribution in [2.45, 2.75) is 13.8 Å². The van der Waals surface area contributed by atoms with Gasteiger partial charge in [-0.1, -0.05) is 19.9 Å². The van der Waals surface area contributed by atoms with Gasteiger partial charge in [-0.25, -0.2) is 0 Å². The van der Waals surface area contributed by atoms with Crippen molar-refractivity contribution in [2.24, 2.45) is 5.92 Å². The summed E-state index contributed by atoms with van der Waals surface area (Å²) < 4.78 is 0. The molecule has 1 aromatic rings. The Morgan fingerprint density at radius 2 is 2.08 bits per heavy atom. The maximum Gasteiger partial charge on any atom is 0.238 e. The van der Waals surface area contributed by atoms with E-state index in [1.807, 2.05) is 0 Å². The topological polar surface area (TPSA) is 34.1 Å². The summed E-state index contributed by atoms with van der Waals surface area (Å²) in [6, 6.07) is 3.44. The summed E-state index contributed by atoms with van der Waals surface area (Å²) in [6.45, 7) is 3.46. The van der Waals surface area contributed by atoms with Crippen molar-refractivity contribution >= 4 is 22.9 Å². The molecule has 0 aromatic carbocycles. The monoisotopic (exact) mass is 182 g/mol. The number of ketones is 2. The van der Waals surface area contributed by atoms with Gasteiger partial charge in [-0.05, 0) is 11.4 Å². The number of hydrogen-bond donors (Lipinski definition) is 0. The zero-order valence-corrected chi connectivity index (χ0v) is 7.85. The van der Waals surface area contributed by atoms with Crippen molar-refractivity contribution in [2.75, 3.05) is 0 Å². The number of carbonyl (C=O) groups is 2. The Balaban J connectivity index is 2.80. The first-order valence-corrected chi connectivity index (χ1v) is 4.63. The molecule has 0 aliphatic heterocycles. The molecule has 0 saturated heterocycles. The Morgan fingerprint density at radius 1 is 1.42 bits per heavy atom. The molecule has 0 N–H and O–H groups in total. The highest BCUT2D eigenvalue weighted by molar-refractivity contribution is 7.13. The van der Waals surface area contributed by atoms with E-state index in [0.717, 1.165) is 0 Å². The van der Waals surface area contributed by atoms with Crippen molar-refractivity contribution in [1.82, 2.24) is 0 Å². The Bertz CT molecular complexity index is 285. The largest absolute Gasteiger partial charge is 0.290 e. The van der Waals surface area contributed by atoms with Crippen LogP contribution in [0.5, 0.6) is 0 Å². The van der Waals surface area contributed by atoms with Crippen LogP contribution in [0.3, 0.4) is 0 Å². The standard InChI is InChI=1S/C9H10O2S/c1-6(2)8(10)9(11)7-4-3-5-12-7/h3-6H,1-2H3. The quantitative estimate of drug-likeness (QED) is 0.530. The summed E-state index contributed by atoms with van der Waals surface area (Å²) in [6.07, 6.45) is 0. The predicted octanol–water partition coefficient (Wildman–Crippen LogP) is 2.16. The molecule has 0 spiro atoms. The average Bonchev–Trinajstić information content (AvgIpc) is 2.53. The first-order valence-electron chi connectivity index (χ1n) is 3.75. The Kier molecular flexibility index (Phi) is 2.76. The number of thiophene rings is 1. The molecule has 64 valence electrons. The molecule has 0 radical (unpaired) electrons. The minimum atomic E-state index is -0.361. The fourth-order valence-corrected chi connectivity index (χ4v) is 1.46. The van der Waals surface area contributed by atoms with E-state index in [9.17, 15) is 9.59 Å². The van der Waals surface area contributed by atoms with Crippen molar-refractivity contribution in [3.05, 3.63) is 22.4 Å². The van der Waals surface area contributed by atoms with Gasteiger partial charge in [0.05, 0.1) is 4.88 Å². The van der Waals surface area contributed by atoms with Gasteiger partial charge >= 0.3 is 0 Å². The molecule has 1 aromatic heterocycles. The molecule has 0 unspecified atom stereocenters. The number of carbonyl (C=O) groups excluding carboxylic acids is 2. The molecule has 0 amide bonds. The van der Waals surface area contributed by atoms with Gasteiger partial charge in [-0.15, -0.1) is 11.3 Å². The molecule has 12 heavy (non-hydrogen) atoms. The minimum Gasteiger partial charge on any atom is -0.290 e. The second-order valence-corrected chi connectivity index (χ2v) is 3.77. The SMILES string of the molecule is CC(C)C(=O)C(=O)c1cccs1. The average molecular weight is 182 g/mol. The fraction of sp³-hybridized carbons (Fsp3) is 0.333. The summed E-state index contributed by atoms with van der Waals surface area (Å²) >= 11 is 1.31. The highest BCUT2D eigenvalue weighted by Crippen LogP contribution is 2.11. The van der Waals surface area contributed by atoms with Gasteiger partial charge in [-0.2, -0.15) is 0 Å². The highest BCUT2D eigenvalue weighted by Gasteiger charge is 2.19. The Labute approximate surface area is 75.2 Å². The minimum absolute atomic E-state index is 0.209. The fourth-order valence-electron chi connectivity index (χ4n) is 0.791. The maximum atomic E-state index is 11.3. The van der Waals surface area contributed by atoms with Gasteiger partial charge in [0.25, 0.3) is 0 Å². The lowest BCUT2D eigenvalue weighted by Crippen LogP contribution is -2.18. The molecule has 0 saturated carbocycles. The van der Waals surface area contributed by atoms with E-state index in [-0.39, 0.29) is 17.5 Å². The van der Waals surface area contributed by atoms with Crippen LogP contribution >= 0.6 is 11.3 Å². The van der Waals surface area contributed by atoms with Crippen LogP contribution in [-0.2, 0) is 4.79 Å². The van der Waals surface area contributed by atoms with E-state index in [0.29, 0.717) is 4.88 Å². The third-order valence-electron chi connectivity index (χ3n) is 1.49. The first-order chi connectivity index (χ1) is 5.63. The lowest BCUT2D eigenvalue weighted by molar-refractivity contribution is -0.117. The third kappa shape index (κ3) is 1.80. The molecule has 0 fully saturated rings. The van der Waals surface area contributed by atoms with Crippen molar-refractivity contribution in [3.63, 3.8) is 0 Å². The van der Waals surface area contributed by atoms with E-state index >= 15 is 0 Å². The molecule has 0 bridgehead atoms. The zero-order valence-electron chi connectivity index (χ0n) is 7.03. The highest BCUT2D eigenvalue weighted by atomic mass is 32.1. The van der Waals surface area contributed by atoms with E-state index < -0.39 is 0 Å². The first kappa shape index (κ1) is 9.13.